The maximum atomic E-state index is 6.16. The third-order valence-corrected chi connectivity index (χ3v) is 8.12. The zero-order valence-electron chi connectivity index (χ0n) is 15.7. The zero-order valence-corrected chi connectivity index (χ0v) is 18.2. The molecule has 0 radical (unpaired) electrons. The minimum absolute atomic E-state index is 0.349. The number of hydrogen-bond donors (Lipinski definition) is 0. The lowest BCUT2D eigenvalue weighted by Gasteiger charge is -2.17. The van der Waals surface area contributed by atoms with Crippen molar-refractivity contribution in [3.05, 3.63) is 91.0 Å². The second-order valence-electron chi connectivity index (χ2n) is 5.84. The molecule has 0 fully saturated rings. The highest BCUT2D eigenvalue weighted by Gasteiger charge is 2.16. The van der Waals surface area contributed by atoms with Crippen LogP contribution in [0.4, 0.5) is 5.69 Å². The van der Waals surface area contributed by atoms with Crippen LogP contribution in [0.3, 0.4) is 0 Å². The Kier molecular flexibility index (Phi) is 8.88. The standard InChI is InChI=1S/C23H23NOS3/c1-2-26-23(28-27-21-16-10-5-11-17-21)18-22(24-19-12-6-3-7-13-19)25-20-14-8-4-9-15-20/h3-17,23H,2,18H2,1H3. The second-order valence-corrected chi connectivity index (χ2v) is 10.1. The van der Waals surface area contributed by atoms with Crippen molar-refractivity contribution in [2.45, 2.75) is 22.8 Å². The molecule has 3 aromatic carbocycles. The molecule has 0 bridgehead atoms. The van der Waals surface area contributed by atoms with E-state index in [1.807, 2.05) is 100 Å². The first-order valence-electron chi connectivity index (χ1n) is 9.19. The van der Waals surface area contributed by atoms with E-state index in [1.165, 1.54) is 4.90 Å². The van der Waals surface area contributed by atoms with Gasteiger partial charge in [-0.2, -0.15) is 0 Å². The van der Waals surface area contributed by atoms with Gasteiger partial charge in [-0.15, -0.1) is 11.8 Å². The number of nitrogens with zero attached hydrogens (tertiary/aromatic N) is 1. The quantitative estimate of drug-likeness (QED) is 0.151. The normalized spacial score (nSPS) is 12.5. The molecule has 0 aliphatic rings. The van der Waals surface area contributed by atoms with Crippen molar-refractivity contribution in [3.8, 4) is 5.75 Å². The zero-order chi connectivity index (χ0) is 19.4. The third-order valence-electron chi connectivity index (χ3n) is 3.68. The van der Waals surface area contributed by atoms with Crippen molar-refractivity contribution in [3.63, 3.8) is 0 Å². The van der Waals surface area contributed by atoms with Crippen LogP contribution >= 0.6 is 33.3 Å². The van der Waals surface area contributed by atoms with Gasteiger partial charge in [0, 0.05) is 11.3 Å². The van der Waals surface area contributed by atoms with Crippen LogP contribution in [-0.2, 0) is 0 Å². The molecule has 1 unspecified atom stereocenters. The summed E-state index contributed by atoms with van der Waals surface area (Å²) in [5.74, 6) is 2.61. The Hall–Kier alpha value is -1.82. The maximum Gasteiger partial charge on any atom is 0.197 e. The van der Waals surface area contributed by atoms with Crippen molar-refractivity contribution in [1.29, 1.82) is 0 Å². The summed E-state index contributed by atoms with van der Waals surface area (Å²) in [6.07, 6.45) is 0.757. The van der Waals surface area contributed by atoms with Crippen molar-refractivity contribution < 1.29 is 4.74 Å². The Morgan fingerprint density at radius 2 is 1.46 bits per heavy atom. The van der Waals surface area contributed by atoms with Crippen LogP contribution in [0.5, 0.6) is 5.75 Å². The smallest absolute Gasteiger partial charge is 0.197 e. The molecular weight excluding hydrogens is 402 g/mol. The van der Waals surface area contributed by atoms with E-state index in [1.54, 1.807) is 0 Å². The summed E-state index contributed by atoms with van der Waals surface area (Å²) >= 11 is 1.93. The average Bonchev–Trinajstić information content (AvgIpc) is 2.74. The number of para-hydroxylation sites is 2. The molecule has 0 N–H and O–H groups in total. The molecule has 144 valence electrons. The Bertz CT molecular complexity index is 841. The average molecular weight is 426 g/mol. The van der Waals surface area contributed by atoms with Crippen LogP contribution in [-0.4, -0.2) is 16.2 Å². The van der Waals surface area contributed by atoms with E-state index in [-0.39, 0.29) is 0 Å². The van der Waals surface area contributed by atoms with Gasteiger partial charge in [0.15, 0.2) is 5.90 Å². The van der Waals surface area contributed by atoms with Crippen LogP contribution in [0.25, 0.3) is 0 Å². The Morgan fingerprint density at radius 3 is 2.11 bits per heavy atom. The monoisotopic (exact) mass is 425 g/mol. The van der Waals surface area contributed by atoms with E-state index in [2.05, 4.69) is 31.2 Å². The molecule has 1 atom stereocenters. The largest absolute Gasteiger partial charge is 0.443 e. The van der Waals surface area contributed by atoms with Gasteiger partial charge in [-0.3, -0.25) is 0 Å². The van der Waals surface area contributed by atoms with Gasteiger partial charge in [-0.25, -0.2) is 4.99 Å². The highest BCUT2D eigenvalue weighted by Crippen LogP contribution is 2.40. The first-order valence-corrected chi connectivity index (χ1v) is 12.4. The molecular formula is C23H23NOS3. The van der Waals surface area contributed by atoms with Crippen molar-refractivity contribution >= 4 is 44.9 Å². The van der Waals surface area contributed by atoms with E-state index >= 15 is 0 Å². The molecule has 0 heterocycles. The van der Waals surface area contributed by atoms with Gasteiger partial charge in [-0.05, 0) is 42.2 Å². The number of ether oxygens (including phenoxy) is 1. The summed E-state index contributed by atoms with van der Waals surface area (Å²) in [4.78, 5) is 6.05. The van der Waals surface area contributed by atoms with Crippen molar-refractivity contribution in [2.24, 2.45) is 4.99 Å². The lowest BCUT2D eigenvalue weighted by Crippen LogP contribution is -2.14. The van der Waals surface area contributed by atoms with Crippen LogP contribution in [0, 0.1) is 0 Å². The minimum atomic E-state index is 0.349. The highest BCUT2D eigenvalue weighted by molar-refractivity contribution is 8.78. The summed E-state index contributed by atoms with van der Waals surface area (Å²) in [6, 6.07) is 30.4. The highest BCUT2D eigenvalue weighted by atomic mass is 33.1. The van der Waals surface area contributed by atoms with Crippen molar-refractivity contribution in [2.75, 3.05) is 5.75 Å². The van der Waals surface area contributed by atoms with Gasteiger partial charge >= 0.3 is 0 Å². The predicted octanol–water partition coefficient (Wildman–Crippen LogP) is 7.71. The third kappa shape index (κ3) is 7.30. The lowest BCUT2D eigenvalue weighted by molar-refractivity contribution is 0.535. The molecule has 2 nitrogen and oxygen atoms in total. The number of aliphatic imine (C=N–C) groups is 1. The van der Waals surface area contributed by atoms with Gasteiger partial charge in [0.05, 0.1) is 10.3 Å². The first-order chi connectivity index (χ1) is 13.8. The topological polar surface area (TPSA) is 21.6 Å². The summed E-state index contributed by atoms with van der Waals surface area (Å²) in [6.45, 7) is 2.19. The van der Waals surface area contributed by atoms with Crippen molar-refractivity contribution in [1.82, 2.24) is 0 Å². The Morgan fingerprint density at radius 1 is 0.857 bits per heavy atom. The molecule has 0 saturated heterocycles. The summed E-state index contributed by atoms with van der Waals surface area (Å²) in [5, 5.41) is 0. The molecule has 5 heteroatoms. The fourth-order valence-electron chi connectivity index (χ4n) is 2.42. The van der Waals surface area contributed by atoms with Gasteiger partial charge in [0.2, 0.25) is 0 Å². The fourth-order valence-corrected chi connectivity index (χ4v) is 6.42. The molecule has 0 spiro atoms. The molecule has 3 rings (SSSR count). The Balaban J connectivity index is 1.74. The molecule has 3 aromatic rings. The first kappa shape index (κ1) is 20.9. The Labute approximate surface area is 179 Å². The molecule has 0 aliphatic carbocycles. The predicted molar refractivity (Wildman–Crippen MR) is 127 cm³/mol. The fraction of sp³-hybridized carbons (Fsp3) is 0.174. The van der Waals surface area contributed by atoms with Crippen LogP contribution in [0.15, 0.2) is 101 Å². The molecule has 28 heavy (non-hydrogen) atoms. The molecule has 0 amide bonds. The van der Waals surface area contributed by atoms with Gasteiger partial charge in [0.1, 0.15) is 5.75 Å². The van der Waals surface area contributed by atoms with E-state index in [0.29, 0.717) is 4.58 Å². The summed E-state index contributed by atoms with van der Waals surface area (Å²) < 4.78 is 6.51. The minimum Gasteiger partial charge on any atom is -0.443 e. The van der Waals surface area contributed by atoms with Gasteiger partial charge in [0.25, 0.3) is 0 Å². The molecule has 0 saturated carbocycles. The van der Waals surface area contributed by atoms with E-state index in [4.69, 9.17) is 9.73 Å². The number of hydrogen-bond acceptors (Lipinski definition) is 5. The van der Waals surface area contributed by atoms with Crippen LogP contribution in [0.2, 0.25) is 0 Å². The maximum absolute atomic E-state index is 6.16. The summed E-state index contributed by atoms with van der Waals surface area (Å²) in [7, 11) is 3.68. The van der Waals surface area contributed by atoms with Gasteiger partial charge in [-0.1, -0.05) is 83.1 Å². The number of rotatable bonds is 9. The summed E-state index contributed by atoms with van der Waals surface area (Å²) in [5.41, 5.74) is 0.911. The second kappa shape index (κ2) is 11.9. The molecule has 0 aromatic heterocycles. The van der Waals surface area contributed by atoms with E-state index in [9.17, 15) is 0 Å². The number of thioether (sulfide) groups is 1. The van der Waals surface area contributed by atoms with Crippen LogP contribution in [0.1, 0.15) is 13.3 Å². The van der Waals surface area contributed by atoms with Crippen LogP contribution < -0.4 is 4.74 Å². The van der Waals surface area contributed by atoms with E-state index < -0.39 is 0 Å². The lowest BCUT2D eigenvalue weighted by atomic mass is 10.3. The molecule has 0 aliphatic heterocycles. The van der Waals surface area contributed by atoms with E-state index in [0.717, 1.165) is 29.5 Å². The van der Waals surface area contributed by atoms with Gasteiger partial charge < -0.3 is 4.74 Å². The SMILES string of the molecule is CCSC(CC(=Nc1ccccc1)Oc1ccccc1)SSc1ccccc1. The number of benzene rings is 3.